The first-order chi connectivity index (χ1) is 28.6. The van der Waals surface area contributed by atoms with Crippen LogP contribution < -0.4 is 0 Å². The number of carbonyl (C=O) groups is 2. The molecule has 5 nitrogen and oxygen atoms in total. The molecule has 0 rings (SSSR count). The van der Waals surface area contributed by atoms with Gasteiger partial charge in [0, 0.05) is 19.4 Å². The molecule has 0 spiro atoms. The normalized spacial score (nSPS) is 12.4. The topological polar surface area (TPSA) is 61.8 Å². The largest absolute Gasteiger partial charge is 0.462 e. The van der Waals surface area contributed by atoms with Gasteiger partial charge in [-0.1, -0.05) is 211 Å². The molecule has 0 aliphatic heterocycles. The van der Waals surface area contributed by atoms with Crippen LogP contribution in [0.25, 0.3) is 0 Å². The van der Waals surface area contributed by atoms with Gasteiger partial charge in [-0.15, -0.1) is 0 Å². The second-order valence-corrected chi connectivity index (χ2v) is 17.1. The minimum absolute atomic E-state index is 0.0835. The summed E-state index contributed by atoms with van der Waals surface area (Å²) in [5.74, 6) is -0.403. The molecule has 340 valence electrons. The van der Waals surface area contributed by atoms with Crippen LogP contribution in [-0.2, 0) is 23.8 Å². The maximum absolute atomic E-state index is 12.7. The van der Waals surface area contributed by atoms with Crippen molar-refractivity contribution in [1.29, 1.82) is 0 Å². The van der Waals surface area contributed by atoms with Crippen molar-refractivity contribution in [2.75, 3.05) is 19.8 Å². The highest BCUT2D eigenvalue weighted by atomic mass is 16.6. The summed E-state index contributed by atoms with van der Waals surface area (Å²) in [5, 5.41) is 0. The number of hydrogen-bond acceptors (Lipinski definition) is 5. The molecule has 0 saturated carbocycles. The van der Waals surface area contributed by atoms with Crippen molar-refractivity contribution >= 4 is 11.9 Å². The third kappa shape index (κ3) is 46.8. The van der Waals surface area contributed by atoms with Crippen LogP contribution in [0.3, 0.4) is 0 Å². The number of unbranched alkanes of at least 4 members (excludes halogenated alkanes) is 30. The fourth-order valence-electron chi connectivity index (χ4n) is 7.30. The van der Waals surface area contributed by atoms with Crippen LogP contribution in [0, 0.1) is 0 Å². The molecule has 0 aromatic heterocycles. The lowest BCUT2D eigenvalue weighted by Gasteiger charge is -2.18. The molecule has 0 aliphatic rings. The zero-order valence-corrected chi connectivity index (χ0v) is 39.1. The zero-order valence-electron chi connectivity index (χ0n) is 39.1. The van der Waals surface area contributed by atoms with Gasteiger partial charge in [-0.3, -0.25) is 9.59 Å². The monoisotopic (exact) mass is 815 g/mol. The van der Waals surface area contributed by atoms with E-state index >= 15 is 0 Å². The molecular formula is C53H98O5. The van der Waals surface area contributed by atoms with E-state index in [-0.39, 0.29) is 25.2 Å². The fourth-order valence-corrected chi connectivity index (χ4v) is 7.30. The molecule has 0 aliphatic carbocycles. The molecular weight excluding hydrogens is 717 g/mol. The molecule has 0 heterocycles. The Morgan fingerprint density at radius 1 is 0.379 bits per heavy atom. The quantitative estimate of drug-likeness (QED) is 0.0348. The van der Waals surface area contributed by atoms with Gasteiger partial charge in [0.1, 0.15) is 6.61 Å². The SMILES string of the molecule is CCCCC/C=C\C/C=C\CCCCCCCCCC(=O)OCC(COCCCCCCCCCC/C=C\CCCCCCCC)OC(=O)CCCCCCCCC. The Hall–Kier alpha value is -1.88. The van der Waals surface area contributed by atoms with Crippen molar-refractivity contribution < 1.29 is 23.8 Å². The first-order valence-corrected chi connectivity index (χ1v) is 25.5. The highest BCUT2D eigenvalue weighted by Gasteiger charge is 2.17. The summed E-state index contributed by atoms with van der Waals surface area (Å²) in [4.78, 5) is 25.2. The van der Waals surface area contributed by atoms with E-state index in [1.807, 2.05) is 0 Å². The fraction of sp³-hybridized carbons (Fsp3) is 0.849. The number of carbonyl (C=O) groups excluding carboxylic acids is 2. The maximum atomic E-state index is 12.7. The van der Waals surface area contributed by atoms with Gasteiger partial charge >= 0.3 is 11.9 Å². The van der Waals surface area contributed by atoms with E-state index < -0.39 is 6.10 Å². The average molecular weight is 815 g/mol. The summed E-state index contributed by atoms with van der Waals surface area (Å²) >= 11 is 0. The van der Waals surface area contributed by atoms with Crippen LogP contribution >= 0.6 is 0 Å². The van der Waals surface area contributed by atoms with Gasteiger partial charge in [0.15, 0.2) is 6.10 Å². The predicted molar refractivity (Wildman–Crippen MR) is 252 cm³/mol. The Kier molecular flexibility index (Phi) is 47.9. The number of hydrogen-bond donors (Lipinski definition) is 0. The Balaban J connectivity index is 4.10. The van der Waals surface area contributed by atoms with Crippen LogP contribution in [0.5, 0.6) is 0 Å². The number of allylic oxidation sites excluding steroid dienone is 6. The van der Waals surface area contributed by atoms with Gasteiger partial charge in [-0.05, 0) is 77.0 Å². The molecule has 5 heteroatoms. The third-order valence-corrected chi connectivity index (χ3v) is 11.1. The van der Waals surface area contributed by atoms with E-state index in [1.54, 1.807) is 0 Å². The minimum Gasteiger partial charge on any atom is -0.462 e. The molecule has 0 saturated heterocycles. The van der Waals surface area contributed by atoms with Crippen molar-refractivity contribution in [2.45, 2.75) is 271 Å². The maximum Gasteiger partial charge on any atom is 0.306 e. The summed E-state index contributed by atoms with van der Waals surface area (Å²) in [6.07, 6.45) is 58.7. The van der Waals surface area contributed by atoms with E-state index in [2.05, 4.69) is 57.2 Å². The summed E-state index contributed by atoms with van der Waals surface area (Å²) in [6.45, 7) is 7.78. The minimum atomic E-state index is -0.534. The van der Waals surface area contributed by atoms with Crippen LogP contribution in [0.15, 0.2) is 36.5 Å². The summed E-state index contributed by atoms with van der Waals surface area (Å²) in [6, 6.07) is 0. The lowest BCUT2D eigenvalue weighted by Crippen LogP contribution is -2.30. The van der Waals surface area contributed by atoms with E-state index in [1.165, 1.54) is 180 Å². The number of ether oxygens (including phenoxy) is 3. The van der Waals surface area contributed by atoms with Crippen molar-refractivity contribution in [1.82, 2.24) is 0 Å². The lowest BCUT2D eigenvalue weighted by molar-refractivity contribution is -0.163. The molecule has 58 heavy (non-hydrogen) atoms. The van der Waals surface area contributed by atoms with Crippen molar-refractivity contribution in [3.63, 3.8) is 0 Å². The highest BCUT2D eigenvalue weighted by molar-refractivity contribution is 5.70. The molecule has 0 bridgehead atoms. The number of rotatable bonds is 47. The van der Waals surface area contributed by atoms with Gasteiger partial charge in [-0.2, -0.15) is 0 Å². The lowest BCUT2D eigenvalue weighted by atomic mass is 10.1. The van der Waals surface area contributed by atoms with E-state index in [4.69, 9.17) is 14.2 Å². The molecule has 0 radical (unpaired) electrons. The summed E-state index contributed by atoms with van der Waals surface area (Å²) < 4.78 is 17.3. The Bertz CT molecular complexity index is 924. The van der Waals surface area contributed by atoms with Gasteiger partial charge < -0.3 is 14.2 Å². The Morgan fingerprint density at radius 3 is 1.19 bits per heavy atom. The van der Waals surface area contributed by atoms with Gasteiger partial charge in [-0.25, -0.2) is 0 Å². The molecule has 0 aromatic rings. The van der Waals surface area contributed by atoms with Crippen molar-refractivity contribution in [2.24, 2.45) is 0 Å². The first kappa shape index (κ1) is 56.1. The standard InChI is InChI=1S/C53H98O5/c1-4-7-10-13-16-18-20-22-24-26-28-30-32-34-36-39-42-45-48-56-49-51(58-53(55)47-44-41-37-15-12-9-6-3)50-57-52(54)46-43-40-38-35-33-31-29-27-25-23-21-19-17-14-11-8-5-2/h17,19,22-25,51H,4-16,18,20-21,26-50H2,1-3H3/b19-17-,24-22-,25-23-. The molecule has 0 N–H and O–H groups in total. The second-order valence-electron chi connectivity index (χ2n) is 17.1. The van der Waals surface area contributed by atoms with Crippen molar-refractivity contribution in [3.8, 4) is 0 Å². The molecule has 1 unspecified atom stereocenters. The van der Waals surface area contributed by atoms with Crippen LogP contribution in [0.4, 0.5) is 0 Å². The van der Waals surface area contributed by atoms with Crippen LogP contribution in [0.2, 0.25) is 0 Å². The van der Waals surface area contributed by atoms with Gasteiger partial charge in [0.25, 0.3) is 0 Å². The van der Waals surface area contributed by atoms with Gasteiger partial charge in [0.05, 0.1) is 6.61 Å². The van der Waals surface area contributed by atoms with E-state index in [9.17, 15) is 9.59 Å². The smallest absolute Gasteiger partial charge is 0.306 e. The number of esters is 2. The van der Waals surface area contributed by atoms with Gasteiger partial charge in [0.2, 0.25) is 0 Å². The molecule has 0 fully saturated rings. The summed E-state index contributed by atoms with van der Waals surface area (Å²) in [7, 11) is 0. The molecule has 0 aromatic carbocycles. The summed E-state index contributed by atoms with van der Waals surface area (Å²) in [5.41, 5.74) is 0. The first-order valence-electron chi connectivity index (χ1n) is 25.5. The van der Waals surface area contributed by atoms with Crippen LogP contribution in [-0.4, -0.2) is 37.9 Å². The van der Waals surface area contributed by atoms with E-state index in [0.29, 0.717) is 19.4 Å². The second kappa shape index (κ2) is 49.5. The predicted octanol–water partition coefficient (Wildman–Crippen LogP) is 17.0. The van der Waals surface area contributed by atoms with E-state index in [0.717, 1.165) is 51.4 Å². The zero-order chi connectivity index (χ0) is 42.1. The van der Waals surface area contributed by atoms with Crippen molar-refractivity contribution in [3.05, 3.63) is 36.5 Å². The molecule has 0 amide bonds. The van der Waals surface area contributed by atoms with Crippen LogP contribution in [0.1, 0.15) is 265 Å². The molecule has 1 atom stereocenters. The average Bonchev–Trinajstić information content (AvgIpc) is 3.22. The third-order valence-electron chi connectivity index (χ3n) is 11.1. The Morgan fingerprint density at radius 2 is 0.724 bits per heavy atom. The Labute approximate surface area is 361 Å². The highest BCUT2D eigenvalue weighted by Crippen LogP contribution is 2.14.